The number of amides is 1. The molecular formula is C17H28N2O2. The van der Waals surface area contributed by atoms with Gasteiger partial charge >= 0.3 is 0 Å². The highest BCUT2D eigenvalue weighted by atomic mass is 16.5. The lowest BCUT2D eigenvalue weighted by molar-refractivity contribution is -0.127. The fourth-order valence-corrected chi connectivity index (χ4v) is 1.88. The quantitative estimate of drug-likeness (QED) is 0.736. The second kappa shape index (κ2) is 9.40. The lowest BCUT2D eigenvalue weighted by Crippen LogP contribution is -2.36. The summed E-state index contributed by atoms with van der Waals surface area (Å²) in [6, 6.07) is 7.88. The van der Waals surface area contributed by atoms with Gasteiger partial charge in [0.2, 0.25) is 0 Å². The molecule has 4 heteroatoms. The van der Waals surface area contributed by atoms with Gasteiger partial charge in [-0.2, -0.15) is 0 Å². The van der Waals surface area contributed by atoms with E-state index in [2.05, 4.69) is 30.5 Å². The lowest BCUT2D eigenvalue weighted by atomic mass is 10.2. The van der Waals surface area contributed by atoms with Gasteiger partial charge in [-0.15, -0.1) is 0 Å². The minimum atomic E-state index is -0.476. The summed E-state index contributed by atoms with van der Waals surface area (Å²) >= 11 is 0. The van der Waals surface area contributed by atoms with E-state index < -0.39 is 6.10 Å². The molecule has 1 aromatic rings. The Morgan fingerprint density at radius 2 is 2.05 bits per heavy atom. The Hall–Kier alpha value is -1.55. The van der Waals surface area contributed by atoms with Gasteiger partial charge < -0.3 is 15.4 Å². The number of hydrogen-bond donors (Lipinski definition) is 2. The van der Waals surface area contributed by atoms with Crippen LogP contribution in [-0.2, 0) is 11.3 Å². The summed E-state index contributed by atoms with van der Waals surface area (Å²) in [4.78, 5) is 11.8. The fraction of sp³-hybridized carbons (Fsp3) is 0.588. The first kappa shape index (κ1) is 17.5. The molecule has 1 aromatic carbocycles. The van der Waals surface area contributed by atoms with E-state index in [0.717, 1.165) is 30.8 Å². The fourth-order valence-electron chi connectivity index (χ4n) is 1.88. The molecule has 0 spiro atoms. The van der Waals surface area contributed by atoms with Crippen molar-refractivity contribution in [2.75, 3.05) is 13.1 Å². The number of carbonyl (C=O) groups excluding carboxylic acids is 1. The van der Waals surface area contributed by atoms with Crippen LogP contribution in [0.5, 0.6) is 5.75 Å². The predicted octanol–water partition coefficient (Wildman–Crippen LogP) is 2.73. The molecule has 2 N–H and O–H groups in total. The molecule has 1 amide bonds. The molecule has 1 unspecified atom stereocenters. The third-order valence-electron chi connectivity index (χ3n) is 3.01. The standard InChI is InChI=1S/C17H28N2O2/c1-5-9-19-17(20)14(4)21-16-8-6-7-15(10-16)12-18-11-13(2)3/h6-8,10,13-14,18H,5,9,11-12H2,1-4H3,(H,19,20). The first-order valence-corrected chi connectivity index (χ1v) is 7.77. The van der Waals surface area contributed by atoms with Crippen LogP contribution in [0, 0.1) is 5.92 Å². The van der Waals surface area contributed by atoms with Crippen molar-refractivity contribution in [1.29, 1.82) is 0 Å². The molecule has 0 aromatic heterocycles. The Balaban J connectivity index is 2.49. The zero-order valence-electron chi connectivity index (χ0n) is 13.6. The van der Waals surface area contributed by atoms with E-state index >= 15 is 0 Å². The third-order valence-corrected chi connectivity index (χ3v) is 3.01. The highest BCUT2D eigenvalue weighted by Crippen LogP contribution is 2.15. The van der Waals surface area contributed by atoms with Crippen molar-refractivity contribution in [3.63, 3.8) is 0 Å². The van der Waals surface area contributed by atoms with Crippen LogP contribution in [0.4, 0.5) is 0 Å². The monoisotopic (exact) mass is 292 g/mol. The first-order chi connectivity index (χ1) is 10.0. The summed E-state index contributed by atoms with van der Waals surface area (Å²) < 4.78 is 5.70. The van der Waals surface area contributed by atoms with Gasteiger partial charge in [0, 0.05) is 13.1 Å². The van der Waals surface area contributed by atoms with E-state index in [9.17, 15) is 4.79 Å². The molecule has 0 saturated carbocycles. The van der Waals surface area contributed by atoms with Gasteiger partial charge in [0.05, 0.1) is 0 Å². The van der Waals surface area contributed by atoms with E-state index in [1.54, 1.807) is 6.92 Å². The van der Waals surface area contributed by atoms with E-state index in [0.29, 0.717) is 12.5 Å². The molecule has 0 bridgehead atoms. The summed E-state index contributed by atoms with van der Waals surface area (Å²) in [5, 5.41) is 6.23. The Labute approximate surface area is 128 Å². The van der Waals surface area contributed by atoms with Crippen LogP contribution in [0.3, 0.4) is 0 Å². The van der Waals surface area contributed by atoms with Gasteiger partial charge in [-0.3, -0.25) is 4.79 Å². The van der Waals surface area contributed by atoms with Gasteiger partial charge in [-0.1, -0.05) is 32.9 Å². The topological polar surface area (TPSA) is 50.4 Å². The maximum Gasteiger partial charge on any atom is 0.260 e. The van der Waals surface area contributed by atoms with Crippen molar-refractivity contribution in [2.45, 2.75) is 46.8 Å². The summed E-state index contributed by atoms with van der Waals surface area (Å²) in [6.07, 6.45) is 0.450. The first-order valence-electron chi connectivity index (χ1n) is 7.77. The molecule has 0 heterocycles. The number of hydrogen-bond acceptors (Lipinski definition) is 3. The van der Waals surface area contributed by atoms with Crippen LogP contribution in [0.15, 0.2) is 24.3 Å². The van der Waals surface area contributed by atoms with Crippen LogP contribution in [0.25, 0.3) is 0 Å². The van der Waals surface area contributed by atoms with Crippen molar-refractivity contribution >= 4 is 5.91 Å². The highest BCUT2D eigenvalue weighted by molar-refractivity contribution is 5.80. The van der Waals surface area contributed by atoms with Crippen LogP contribution in [0.2, 0.25) is 0 Å². The second-order valence-corrected chi connectivity index (χ2v) is 5.72. The molecule has 0 fully saturated rings. The average Bonchev–Trinajstić information content (AvgIpc) is 2.44. The predicted molar refractivity (Wildman–Crippen MR) is 86.4 cm³/mol. The Morgan fingerprint density at radius 3 is 2.71 bits per heavy atom. The average molecular weight is 292 g/mol. The van der Waals surface area contributed by atoms with Crippen LogP contribution in [0.1, 0.15) is 39.7 Å². The van der Waals surface area contributed by atoms with Crippen molar-refractivity contribution in [1.82, 2.24) is 10.6 Å². The van der Waals surface area contributed by atoms with Gasteiger partial charge in [-0.05, 0) is 43.5 Å². The molecule has 0 aliphatic heterocycles. The molecule has 0 radical (unpaired) electrons. The molecule has 0 aliphatic rings. The van der Waals surface area contributed by atoms with Crippen LogP contribution < -0.4 is 15.4 Å². The molecule has 0 saturated heterocycles. The number of benzene rings is 1. The molecular weight excluding hydrogens is 264 g/mol. The molecule has 1 atom stereocenters. The van der Waals surface area contributed by atoms with Crippen molar-refractivity contribution < 1.29 is 9.53 Å². The molecule has 1 rings (SSSR count). The third kappa shape index (κ3) is 7.14. The number of carbonyl (C=O) groups is 1. The highest BCUT2D eigenvalue weighted by Gasteiger charge is 2.13. The Kier molecular flexibility index (Phi) is 7.83. The van der Waals surface area contributed by atoms with Crippen molar-refractivity contribution in [3.05, 3.63) is 29.8 Å². The molecule has 4 nitrogen and oxygen atoms in total. The van der Waals surface area contributed by atoms with Crippen LogP contribution >= 0.6 is 0 Å². The maximum absolute atomic E-state index is 11.8. The van der Waals surface area contributed by atoms with E-state index in [1.165, 1.54) is 0 Å². The summed E-state index contributed by atoms with van der Waals surface area (Å²) in [6.45, 7) is 10.7. The lowest BCUT2D eigenvalue weighted by Gasteiger charge is -2.15. The Bertz CT molecular complexity index is 433. The maximum atomic E-state index is 11.8. The zero-order valence-corrected chi connectivity index (χ0v) is 13.6. The zero-order chi connectivity index (χ0) is 15.7. The Morgan fingerprint density at radius 1 is 1.29 bits per heavy atom. The number of ether oxygens (including phenoxy) is 1. The second-order valence-electron chi connectivity index (χ2n) is 5.72. The van der Waals surface area contributed by atoms with E-state index in [4.69, 9.17) is 4.74 Å². The van der Waals surface area contributed by atoms with Gasteiger partial charge in [0.1, 0.15) is 5.75 Å². The smallest absolute Gasteiger partial charge is 0.260 e. The summed E-state index contributed by atoms with van der Waals surface area (Å²) in [5.41, 5.74) is 1.16. The normalized spacial score (nSPS) is 12.2. The molecule has 118 valence electrons. The van der Waals surface area contributed by atoms with Crippen LogP contribution in [-0.4, -0.2) is 25.1 Å². The largest absolute Gasteiger partial charge is 0.481 e. The van der Waals surface area contributed by atoms with Gasteiger partial charge in [-0.25, -0.2) is 0 Å². The number of rotatable bonds is 9. The van der Waals surface area contributed by atoms with Crippen molar-refractivity contribution in [2.24, 2.45) is 5.92 Å². The molecule has 21 heavy (non-hydrogen) atoms. The minimum Gasteiger partial charge on any atom is -0.481 e. The van der Waals surface area contributed by atoms with Crippen molar-refractivity contribution in [3.8, 4) is 5.75 Å². The van der Waals surface area contributed by atoms with E-state index in [1.807, 2.05) is 25.1 Å². The summed E-state index contributed by atoms with van der Waals surface area (Å²) in [7, 11) is 0. The SMILES string of the molecule is CCCNC(=O)C(C)Oc1cccc(CNCC(C)C)c1. The summed E-state index contributed by atoms with van der Waals surface area (Å²) in [5.74, 6) is 1.30. The number of nitrogens with one attached hydrogen (secondary N) is 2. The van der Waals surface area contributed by atoms with E-state index in [-0.39, 0.29) is 5.91 Å². The van der Waals surface area contributed by atoms with Gasteiger partial charge in [0.15, 0.2) is 6.10 Å². The minimum absolute atomic E-state index is 0.0693. The molecule has 0 aliphatic carbocycles. The van der Waals surface area contributed by atoms with Gasteiger partial charge in [0.25, 0.3) is 5.91 Å².